The van der Waals surface area contributed by atoms with E-state index in [-0.39, 0.29) is 17.5 Å². The first-order valence-electron chi connectivity index (χ1n) is 7.94. The second-order valence-corrected chi connectivity index (χ2v) is 5.76. The Hall–Kier alpha value is -3.15. The number of amides is 1. The second kappa shape index (κ2) is 6.39. The van der Waals surface area contributed by atoms with Gasteiger partial charge < -0.3 is 9.26 Å². The highest BCUT2D eigenvalue weighted by Crippen LogP contribution is 2.32. The van der Waals surface area contributed by atoms with Crippen molar-refractivity contribution in [2.45, 2.75) is 6.42 Å². The van der Waals surface area contributed by atoms with Crippen LogP contribution in [0.2, 0.25) is 0 Å². The van der Waals surface area contributed by atoms with Gasteiger partial charge in [0.25, 0.3) is 5.91 Å². The summed E-state index contributed by atoms with van der Waals surface area (Å²) in [5.74, 6) is 0.307. The minimum absolute atomic E-state index is 0.175. The Bertz CT molecular complexity index is 905. The third-order valence-corrected chi connectivity index (χ3v) is 4.04. The molecule has 0 radical (unpaired) electrons. The second-order valence-electron chi connectivity index (χ2n) is 5.76. The zero-order valence-corrected chi connectivity index (χ0v) is 13.3. The van der Waals surface area contributed by atoms with E-state index in [2.05, 4.69) is 5.16 Å². The highest BCUT2D eigenvalue weighted by atomic mass is 19.1. The Labute approximate surface area is 143 Å². The molecule has 0 bridgehead atoms. The summed E-state index contributed by atoms with van der Waals surface area (Å²) in [5, 5.41) is 3.96. The Morgan fingerprint density at radius 2 is 1.96 bits per heavy atom. The molecule has 0 saturated heterocycles. The number of hydrogen-bond donors (Lipinski definition) is 0. The van der Waals surface area contributed by atoms with Crippen LogP contribution in [0.25, 0.3) is 0 Å². The molecule has 2 heterocycles. The molecule has 1 aromatic heterocycles. The summed E-state index contributed by atoms with van der Waals surface area (Å²) in [6.07, 6.45) is 0.469. The molecule has 5 nitrogen and oxygen atoms in total. The molecule has 126 valence electrons. The molecule has 0 aliphatic carbocycles. The number of carbonyl (C=O) groups is 1. The van der Waals surface area contributed by atoms with Gasteiger partial charge in [0.15, 0.2) is 0 Å². The number of ether oxygens (including phenoxy) is 1. The van der Waals surface area contributed by atoms with Gasteiger partial charge in [-0.25, -0.2) is 4.39 Å². The molecule has 0 spiro atoms. The van der Waals surface area contributed by atoms with Crippen molar-refractivity contribution in [2.75, 3.05) is 18.1 Å². The van der Waals surface area contributed by atoms with E-state index in [9.17, 15) is 9.18 Å². The number of nitrogens with zero attached hydrogens (tertiary/aromatic N) is 2. The van der Waals surface area contributed by atoms with Gasteiger partial charge in [-0.1, -0.05) is 29.4 Å². The average Bonchev–Trinajstić information content (AvgIpc) is 3.11. The zero-order valence-electron chi connectivity index (χ0n) is 13.3. The molecule has 25 heavy (non-hydrogen) atoms. The van der Waals surface area contributed by atoms with Crippen molar-refractivity contribution in [1.29, 1.82) is 0 Å². The number of para-hydroxylation sites is 2. The Morgan fingerprint density at radius 3 is 2.80 bits per heavy atom. The van der Waals surface area contributed by atoms with Crippen LogP contribution < -0.4 is 9.64 Å². The smallest absolute Gasteiger partial charge is 0.297 e. The number of carbonyl (C=O) groups excluding carboxylic acids is 1. The van der Waals surface area contributed by atoms with Crippen molar-refractivity contribution in [1.82, 2.24) is 5.16 Å². The minimum atomic E-state index is -0.286. The van der Waals surface area contributed by atoms with Crippen LogP contribution in [0.5, 0.6) is 5.75 Å². The molecule has 6 heteroatoms. The monoisotopic (exact) mass is 338 g/mol. The van der Waals surface area contributed by atoms with Gasteiger partial charge in [0.05, 0.1) is 17.9 Å². The van der Waals surface area contributed by atoms with Crippen molar-refractivity contribution < 1.29 is 18.4 Å². The van der Waals surface area contributed by atoms with Gasteiger partial charge in [0, 0.05) is 12.5 Å². The normalized spacial score (nSPS) is 13.2. The molecule has 0 fully saturated rings. The highest BCUT2D eigenvalue weighted by Gasteiger charge is 2.27. The maximum atomic E-state index is 13.0. The number of fused-ring (bicyclic) bond motifs is 1. The summed E-state index contributed by atoms with van der Waals surface area (Å²) >= 11 is 0. The van der Waals surface area contributed by atoms with Crippen molar-refractivity contribution in [3.8, 4) is 5.75 Å². The van der Waals surface area contributed by atoms with Gasteiger partial charge in [-0.15, -0.1) is 0 Å². The van der Waals surface area contributed by atoms with Gasteiger partial charge >= 0.3 is 0 Å². The van der Waals surface area contributed by atoms with E-state index in [1.165, 1.54) is 12.1 Å². The molecule has 4 rings (SSSR count). The van der Waals surface area contributed by atoms with Gasteiger partial charge in [-0.2, -0.15) is 0 Å². The molecule has 0 unspecified atom stereocenters. The number of benzene rings is 2. The van der Waals surface area contributed by atoms with Crippen LogP contribution in [-0.2, 0) is 6.42 Å². The summed E-state index contributed by atoms with van der Waals surface area (Å²) in [7, 11) is 0. The van der Waals surface area contributed by atoms with Crippen LogP contribution in [0, 0.1) is 5.82 Å². The zero-order chi connectivity index (χ0) is 17.2. The Kier molecular flexibility index (Phi) is 3.93. The fourth-order valence-electron chi connectivity index (χ4n) is 2.82. The largest absolute Gasteiger partial charge is 0.490 e. The van der Waals surface area contributed by atoms with E-state index in [0.29, 0.717) is 31.0 Å². The molecule has 0 atom stereocenters. The molecule has 1 aliphatic rings. The molecule has 2 aromatic carbocycles. The lowest BCUT2D eigenvalue weighted by molar-refractivity contribution is 0.0941. The summed E-state index contributed by atoms with van der Waals surface area (Å²) < 4.78 is 23.8. The Balaban J connectivity index is 1.54. The van der Waals surface area contributed by atoms with Gasteiger partial charge in [-0.05, 0) is 29.8 Å². The van der Waals surface area contributed by atoms with Crippen LogP contribution in [0.15, 0.2) is 59.1 Å². The molecular weight excluding hydrogens is 323 g/mol. The van der Waals surface area contributed by atoms with Crippen LogP contribution in [0.3, 0.4) is 0 Å². The topological polar surface area (TPSA) is 55.6 Å². The first kappa shape index (κ1) is 15.4. The number of aromatic nitrogens is 1. The average molecular weight is 338 g/mol. The maximum Gasteiger partial charge on any atom is 0.297 e. The summed E-state index contributed by atoms with van der Waals surface area (Å²) in [5.41, 5.74) is 2.23. The third kappa shape index (κ3) is 3.10. The molecule has 1 amide bonds. The summed E-state index contributed by atoms with van der Waals surface area (Å²) in [6, 6.07) is 15.2. The molecule has 1 aliphatic heterocycles. The lowest BCUT2D eigenvalue weighted by Gasteiger charge is -2.28. The van der Waals surface area contributed by atoms with Gasteiger partial charge in [0.1, 0.15) is 18.2 Å². The van der Waals surface area contributed by atoms with E-state index >= 15 is 0 Å². The van der Waals surface area contributed by atoms with Gasteiger partial charge in [0.2, 0.25) is 5.76 Å². The number of hydrogen-bond acceptors (Lipinski definition) is 4. The van der Waals surface area contributed by atoms with E-state index in [4.69, 9.17) is 9.26 Å². The SMILES string of the molecule is O=C(c1cc(Cc2ccc(F)cc2)no1)N1CCOc2ccccc21. The number of rotatable bonds is 3. The third-order valence-electron chi connectivity index (χ3n) is 4.04. The number of anilines is 1. The first-order chi connectivity index (χ1) is 12.2. The predicted molar refractivity (Wildman–Crippen MR) is 89.3 cm³/mol. The van der Waals surface area contributed by atoms with Crippen molar-refractivity contribution >= 4 is 11.6 Å². The standard InChI is InChI=1S/C19H15FN2O3/c20-14-7-5-13(6-8-14)11-15-12-18(25-21-15)19(23)22-9-10-24-17-4-2-1-3-16(17)22/h1-8,12H,9-11H2. The van der Waals surface area contributed by atoms with E-state index in [1.54, 1.807) is 23.1 Å². The van der Waals surface area contributed by atoms with Crippen LogP contribution in [0.4, 0.5) is 10.1 Å². The van der Waals surface area contributed by atoms with E-state index in [0.717, 1.165) is 11.3 Å². The molecular formula is C19H15FN2O3. The van der Waals surface area contributed by atoms with Crippen LogP contribution in [0.1, 0.15) is 21.8 Å². The van der Waals surface area contributed by atoms with E-state index < -0.39 is 0 Å². The first-order valence-corrected chi connectivity index (χ1v) is 7.94. The molecule has 3 aromatic rings. The summed E-state index contributed by atoms with van der Waals surface area (Å²) in [4.78, 5) is 14.4. The summed E-state index contributed by atoms with van der Waals surface area (Å²) in [6.45, 7) is 0.878. The van der Waals surface area contributed by atoms with Crippen LogP contribution in [-0.4, -0.2) is 24.2 Å². The lowest BCUT2D eigenvalue weighted by Crippen LogP contribution is -2.37. The van der Waals surface area contributed by atoms with Crippen LogP contribution >= 0.6 is 0 Å². The lowest BCUT2D eigenvalue weighted by atomic mass is 10.1. The fraction of sp³-hybridized carbons (Fsp3) is 0.158. The van der Waals surface area contributed by atoms with E-state index in [1.807, 2.05) is 24.3 Å². The maximum absolute atomic E-state index is 13.0. The number of halogens is 1. The highest BCUT2D eigenvalue weighted by molar-refractivity contribution is 6.05. The minimum Gasteiger partial charge on any atom is -0.490 e. The van der Waals surface area contributed by atoms with Crippen molar-refractivity contribution in [3.05, 3.63) is 77.4 Å². The molecule has 0 N–H and O–H groups in total. The Morgan fingerprint density at radius 1 is 1.16 bits per heavy atom. The molecule has 0 saturated carbocycles. The van der Waals surface area contributed by atoms with Crippen molar-refractivity contribution in [3.63, 3.8) is 0 Å². The quantitative estimate of drug-likeness (QED) is 0.734. The van der Waals surface area contributed by atoms with Gasteiger partial charge in [-0.3, -0.25) is 9.69 Å². The predicted octanol–water partition coefficient (Wildman–Crippen LogP) is 3.44. The fourth-order valence-corrected chi connectivity index (χ4v) is 2.82. The van der Waals surface area contributed by atoms with Crippen molar-refractivity contribution in [2.24, 2.45) is 0 Å².